The highest BCUT2D eigenvalue weighted by atomic mass is 32.2. The fourth-order valence-electron chi connectivity index (χ4n) is 8.59. The Kier molecular flexibility index (Phi) is 11.5. The molecule has 1 fully saturated rings. The second-order valence-corrected chi connectivity index (χ2v) is 16.5. The molecule has 6 bridgehead atoms. The predicted octanol–water partition coefficient (Wildman–Crippen LogP) is 6.43. The van der Waals surface area contributed by atoms with Crippen molar-refractivity contribution in [1.82, 2.24) is 14.7 Å². The van der Waals surface area contributed by atoms with Crippen molar-refractivity contribution in [3.63, 3.8) is 0 Å². The molecule has 0 amide bonds. The van der Waals surface area contributed by atoms with Gasteiger partial charge in [-0.2, -0.15) is 11.8 Å². The Morgan fingerprint density at radius 3 is 2.24 bits per heavy atom. The highest BCUT2D eigenvalue weighted by Gasteiger charge is 2.35. The second kappa shape index (κ2) is 16.6. The molecule has 0 saturated carbocycles. The number of rotatable bonds is 8. The SMILES string of the molecule is COc1ccc2cc1Oc1ccc(cc1)C[C@H]1c3cc(c(CO)cc3CCN1C)Oc1c(OCC(O)CN3CCSCC3)c(OC)cc3c1[C@H](C2)N(C)CC3. The topological polar surface area (TPSA) is 96.3 Å². The monoisotopic (exact) mass is 767 g/mol. The van der Waals surface area contributed by atoms with Crippen LogP contribution in [0.4, 0.5) is 0 Å². The maximum absolute atomic E-state index is 11.3. The van der Waals surface area contributed by atoms with Gasteiger partial charge in [-0.25, -0.2) is 0 Å². The predicted molar refractivity (Wildman–Crippen MR) is 216 cm³/mol. The van der Waals surface area contributed by atoms with Crippen molar-refractivity contribution in [3.8, 4) is 40.2 Å². The number of thioether (sulfide) groups is 1. The zero-order valence-corrected chi connectivity index (χ0v) is 33.2. The lowest BCUT2D eigenvalue weighted by Crippen LogP contribution is -2.40. The van der Waals surface area contributed by atoms with Gasteiger partial charge in [0.2, 0.25) is 5.75 Å². The summed E-state index contributed by atoms with van der Waals surface area (Å²) in [6.07, 6.45) is 2.43. The Hall–Kier alpha value is -3.97. The molecule has 55 heavy (non-hydrogen) atoms. The van der Waals surface area contributed by atoms with E-state index in [2.05, 4.69) is 71.3 Å². The van der Waals surface area contributed by atoms with Gasteiger partial charge < -0.3 is 33.9 Å². The summed E-state index contributed by atoms with van der Waals surface area (Å²) in [5, 5.41) is 22.1. The van der Waals surface area contributed by atoms with Gasteiger partial charge in [0.15, 0.2) is 23.0 Å². The molecule has 1 saturated heterocycles. The number of fused-ring (bicyclic) bond motifs is 2. The number of methoxy groups -OCH3 is 2. The summed E-state index contributed by atoms with van der Waals surface area (Å²) < 4.78 is 32.1. The number of likely N-dealkylation sites (N-methyl/N-ethyl adjacent to an activating group) is 2. The van der Waals surface area contributed by atoms with Crippen LogP contribution in [0.15, 0.2) is 60.7 Å². The van der Waals surface area contributed by atoms with Crippen molar-refractivity contribution in [3.05, 3.63) is 99.6 Å². The molecule has 11 heteroatoms. The number of β-amino-alcohol motifs (C(OH)–C–C–N with tert-alkyl or cyclic N) is 1. The average Bonchev–Trinajstić information content (AvgIpc) is 3.20. The number of benzene rings is 4. The van der Waals surface area contributed by atoms with Gasteiger partial charge in [0.1, 0.15) is 24.2 Å². The molecule has 1 unspecified atom stereocenters. The van der Waals surface area contributed by atoms with Gasteiger partial charge in [-0.15, -0.1) is 0 Å². The van der Waals surface area contributed by atoms with Crippen LogP contribution in [0, 0.1) is 0 Å². The van der Waals surface area contributed by atoms with E-state index in [1.807, 2.05) is 30.0 Å². The van der Waals surface area contributed by atoms with Crippen LogP contribution in [0.25, 0.3) is 0 Å². The van der Waals surface area contributed by atoms with Crippen molar-refractivity contribution in [1.29, 1.82) is 0 Å². The lowest BCUT2D eigenvalue weighted by molar-refractivity contribution is 0.0693. The van der Waals surface area contributed by atoms with Crippen LogP contribution >= 0.6 is 11.8 Å². The van der Waals surface area contributed by atoms with Crippen LogP contribution in [-0.4, -0.2) is 110 Å². The van der Waals surface area contributed by atoms with E-state index in [4.69, 9.17) is 23.7 Å². The fourth-order valence-corrected chi connectivity index (χ4v) is 9.56. The Morgan fingerprint density at radius 1 is 0.782 bits per heavy atom. The maximum atomic E-state index is 11.3. The third kappa shape index (κ3) is 8.01. The van der Waals surface area contributed by atoms with E-state index in [0.717, 1.165) is 85.0 Å². The first kappa shape index (κ1) is 37.9. The first-order valence-corrected chi connectivity index (χ1v) is 20.6. The lowest BCUT2D eigenvalue weighted by atomic mass is 9.86. The van der Waals surface area contributed by atoms with E-state index in [-0.39, 0.29) is 25.3 Å². The van der Waals surface area contributed by atoms with Gasteiger partial charge in [0.25, 0.3) is 0 Å². The summed E-state index contributed by atoms with van der Waals surface area (Å²) >= 11 is 1.95. The largest absolute Gasteiger partial charge is 0.493 e. The van der Waals surface area contributed by atoms with Crippen molar-refractivity contribution in [2.24, 2.45) is 0 Å². The van der Waals surface area contributed by atoms with E-state index < -0.39 is 6.10 Å². The molecule has 5 aliphatic heterocycles. The summed E-state index contributed by atoms with van der Waals surface area (Å²) in [6.45, 7) is 4.10. The first-order chi connectivity index (χ1) is 26.8. The highest BCUT2D eigenvalue weighted by molar-refractivity contribution is 7.99. The zero-order chi connectivity index (χ0) is 38.1. The van der Waals surface area contributed by atoms with Crippen molar-refractivity contribution in [2.75, 3.05) is 79.2 Å². The van der Waals surface area contributed by atoms with E-state index in [1.165, 1.54) is 16.7 Å². The van der Waals surface area contributed by atoms with Gasteiger partial charge in [0, 0.05) is 67.4 Å². The summed E-state index contributed by atoms with van der Waals surface area (Å²) in [4.78, 5) is 7.06. The van der Waals surface area contributed by atoms with Gasteiger partial charge in [-0.1, -0.05) is 18.2 Å². The normalized spacial score (nSPS) is 20.7. The van der Waals surface area contributed by atoms with Crippen LogP contribution in [0.2, 0.25) is 0 Å². The van der Waals surface area contributed by atoms with Crippen LogP contribution < -0.4 is 23.7 Å². The number of aliphatic hydroxyl groups excluding tert-OH is 2. The molecule has 4 aromatic carbocycles. The van der Waals surface area contributed by atoms with Gasteiger partial charge >= 0.3 is 0 Å². The minimum atomic E-state index is -0.701. The fraction of sp³-hybridized carbons (Fsp3) is 0.455. The Morgan fingerprint density at radius 2 is 1.49 bits per heavy atom. The molecular formula is C44H53N3O7S. The molecule has 5 aliphatic rings. The summed E-state index contributed by atoms with van der Waals surface area (Å²) in [5.41, 5.74) is 7.53. The first-order valence-electron chi connectivity index (χ1n) is 19.4. The molecular weight excluding hydrogens is 715 g/mol. The molecule has 3 atom stereocenters. The summed E-state index contributed by atoms with van der Waals surface area (Å²) in [7, 11) is 7.64. The summed E-state index contributed by atoms with van der Waals surface area (Å²) in [6, 6.07) is 20.8. The Balaban J connectivity index is 1.29. The van der Waals surface area contributed by atoms with E-state index >= 15 is 0 Å². The van der Waals surface area contributed by atoms with Gasteiger partial charge in [-0.05, 0) is 110 Å². The Bertz CT molecular complexity index is 1990. The standard InChI is InChI=1S/C44H53N3O7S/c1-45-13-11-30-22-32(26-48)39-24-35(30)36(45)19-28-5-8-34(9-6-28)53-40-21-29(7-10-38(40)50-3)20-37-42-31(12-14-46(37)2)23-41(51-4)43(44(42)54-39)52-27-33(49)25-47-15-17-55-18-16-47/h5-10,21-24,33,36-37,48-49H,11-20,25-27H2,1-4H3/t33?,36-,37-/m0/s1. The van der Waals surface area contributed by atoms with Crippen LogP contribution in [0.5, 0.6) is 40.2 Å². The van der Waals surface area contributed by atoms with Crippen molar-refractivity contribution < 1.29 is 33.9 Å². The average molecular weight is 768 g/mol. The van der Waals surface area contributed by atoms with Gasteiger partial charge in [-0.3, -0.25) is 14.7 Å². The second-order valence-electron chi connectivity index (χ2n) is 15.2. The van der Waals surface area contributed by atoms with E-state index in [9.17, 15) is 10.2 Å². The van der Waals surface area contributed by atoms with Gasteiger partial charge in [0.05, 0.1) is 20.8 Å². The smallest absolute Gasteiger partial charge is 0.204 e. The molecule has 5 heterocycles. The highest BCUT2D eigenvalue weighted by Crippen LogP contribution is 2.51. The molecule has 0 spiro atoms. The quantitative estimate of drug-likeness (QED) is 0.208. The maximum Gasteiger partial charge on any atom is 0.204 e. The number of nitrogens with zero attached hydrogens (tertiary/aromatic N) is 3. The van der Waals surface area contributed by atoms with E-state index in [1.54, 1.807) is 14.2 Å². The third-order valence-electron chi connectivity index (χ3n) is 11.7. The molecule has 0 radical (unpaired) electrons. The van der Waals surface area contributed by atoms with Crippen LogP contribution in [0.3, 0.4) is 0 Å². The van der Waals surface area contributed by atoms with Crippen molar-refractivity contribution >= 4 is 11.8 Å². The van der Waals surface area contributed by atoms with Crippen LogP contribution in [-0.2, 0) is 32.3 Å². The molecule has 2 N–H and O–H groups in total. The zero-order valence-electron chi connectivity index (χ0n) is 32.4. The number of hydrogen-bond acceptors (Lipinski definition) is 11. The number of aliphatic hydroxyl groups is 2. The number of hydrogen-bond donors (Lipinski definition) is 2. The van der Waals surface area contributed by atoms with Crippen molar-refractivity contribution in [2.45, 2.75) is 50.5 Å². The van der Waals surface area contributed by atoms with Crippen LogP contribution in [0.1, 0.15) is 51.0 Å². The molecule has 4 aromatic rings. The number of ether oxygens (including phenoxy) is 5. The molecule has 9 rings (SSSR count). The molecule has 0 aromatic heterocycles. The molecule has 10 nitrogen and oxygen atoms in total. The third-order valence-corrected chi connectivity index (χ3v) is 12.6. The summed E-state index contributed by atoms with van der Waals surface area (Å²) in [5.74, 6) is 6.37. The molecule has 0 aliphatic carbocycles. The van der Waals surface area contributed by atoms with E-state index in [0.29, 0.717) is 47.5 Å². The Labute approximate surface area is 328 Å². The molecule has 292 valence electrons. The lowest BCUT2D eigenvalue weighted by Gasteiger charge is -2.38. The minimum Gasteiger partial charge on any atom is -0.493 e. The minimum absolute atomic E-state index is 0.0806.